The lowest BCUT2D eigenvalue weighted by atomic mass is 10.0. The molecule has 2 aromatic rings. The average Bonchev–Trinajstić information content (AvgIpc) is 2.38. The number of fused-ring (bicyclic) bond motifs is 3. The summed E-state index contributed by atoms with van der Waals surface area (Å²) in [6.07, 6.45) is 1.39. The van der Waals surface area contributed by atoms with Crippen molar-refractivity contribution in [2.75, 3.05) is 4.72 Å². The number of anilines is 1. The molecule has 90 valence electrons. The zero-order chi connectivity index (χ0) is 12.7. The van der Waals surface area contributed by atoms with E-state index in [4.69, 9.17) is 17.3 Å². The van der Waals surface area contributed by atoms with Crippen molar-refractivity contribution in [3.05, 3.63) is 41.2 Å². The van der Waals surface area contributed by atoms with Crippen LogP contribution in [0.2, 0.25) is 5.15 Å². The van der Waals surface area contributed by atoms with E-state index < -0.39 is 5.91 Å². The highest BCUT2D eigenvalue weighted by Gasteiger charge is 2.24. The van der Waals surface area contributed by atoms with Gasteiger partial charge in [-0.15, -0.1) is 0 Å². The quantitative estimate of drug-likeness (QED) is 0.621. The highest BCUT2D eigenvalue weighted by molar-refractivity contribution is 8.00. The molecule has 4 nitrogen and oxygen atoms in total. The molecule has 6 heteroatoms. The van der Waals surface area contributed by atoms with Gasteiger partial charge in [0.15, 0.2) is 0 Å². The summed E-state index contributed by atoms with van der Waals surface area (Å²) in [5.41, 5.74) is 7.99. The minimum absolute atomic E-state index is 0.344. The lowest BCUT2D eigenvalue weighted by Gasteiger charge is -2.22. The number of hydrogen-bond acceptors (Lipinski definition) is 4. The van der Waals surface area contributed by atoms with Gasteiger partial charge < -0.3 is 10.5 Å². The first-order valence-corrected chi connectivity index (χ1v) is 6.38. The number of halogens is 1. The summed E-state index contributed by atoms with van der Waals surface area (Å²) >= 11 is 7.56. The Balaban J connectivity index is 2.34. The van der Waals surface area contributed by atoms with Gasteiger partial charge in [0.2, 0.25) is 0 Å². The van der Waals surface area contributed by atoms with Crippen molar-refractivity contribution >= 4 is 35.1 Å². The molecule has 0 atom stereocenters. The molecular formula is C12H8ClN3OS. The van der Waals surface area contributed by atoms with Gasteiger partial charge in [0.25, 0.3) is 5.91 Å². The van der Waals surface area contributed by atoms with Gasteiger partial charge in [0.1, 0.15) is 5.15 Å². The van der Waals surface area contributed by atoms with Crippen molar-refractivity contribution in [3.8, 4) is 11.1 Å². The SMILES string of the molecule is NC(=O)c1cnc(Cl)c2c1NSc1ccccc1-2. The van der Waals surface area contributed by atoms with E-state index in [2.05, 4.69) is 9.71 Å². The molecule has 1 aromatic carbocycles. The first-order chi connectivity index (χ1) is 8.68. The van der Waals surface area contributed by atoms with Gasteiger partial charge in [-0.2, -0.15) is 0 Å². The van der Waals surface area contributed by atoms with Gasteiger partial charge in [-0.05, 0) is 18.0 Å². The zero-order valence-corrected chi connectivity index (χ0v) is 10.7. The lowest BCUT2D eigenvalue weighted by molar-refractivity contribution is 0.100. The number of carbonyl (C=O) groups is 1. The number of nitrogens with two attached hydrogens (primary N) is 1. The van der Waals surface area contributed by atoms with Crippen molar-refractivity contribution in [2.24, 2.45) is 5.73 Å². The first kappa shape index (κ1) is 11.4. The smallest absolute Gasteiger partial charge is 0.252 e. The van der Waals surface area contributed by atoms with Crippen LogP contribution in [0.25, 0.3) is 11.1 Å². The fourth-order valence-electron chi connectivity index (χ4n) is 1.89. The molecule has 0 bridgehead atoms. The molecule has 0 aliphatic carbocycles. The van der Waals surface area contributed by atoms with E-state index in [1.54, 1.807) is 0 Å². The van der Waals surface area contributed by atoms with E-state index >= 15 is 0 Å². The summed E-state index contributed by atoms with van der Waals surface area (Å²) in [6, 6.07) is 7.78. The fraction of sp³-hybridized carbons (Fsp3) is 0. The van der Waals surface area contributed by atoms with Crippen LogP contribution >= 0.6 is 23.5 Å². The Labute approximate surface area is 113 Å². The van der Waals surface area contributed by atoms with Crippen LogP contribution in [-0.4, -0.2) is 10.9 Å². The van der Waals surface area contributed by atoms with Gasteiger partial charge in [0, 0.05) is 22.2 Å². The number of nitrogens with one attached hydrogen (secondary N) is 1. The molecule has 3 rings (SSSR count). The maximum atomic E-state index is 11.4. The maximum Gasteiger partial charge on any atom is 0.252 e. The maximum absolute atomic E-state index is 11.4. The molecule has 1 amide bonds. The molecule has 1 aromatic heterocycles. The monoisotopic (exact) mass is 277 g/mol. The van der Waals surface area contributed by atoms with Crippen LogP contribution in [0.4, 0.5) is 5.69 Å². The van der Waals surface area contributed by atoms with Crippen LogP contribution in [0.15, 0.2) is 35.4 Å². The molecule has 1 aliphatic rings. The third kappa shape index (κ3) is 1.63. The third-order valence-corrected chi connectivity index (χ3v) is 3.89. The van der Waals surface area contributed by atoms with E-state index in [9.17, 15) is 4.79 Å². The number of aromatic nitrogens is 1. The number of primary amides is 1. The van der Waals surface area contributed by atoms with Gasteiger partial charge in [0.05, 0.1) is 11.3 Å². The van der Waals surface area contributed by atoms with Crippen LogP contribution in [0.5, 0.6) is 0 Å². The highest BCUT2D eigenvalue weighted by atomic mass is 35.5. The first-order valence-electron chi connectivity index (χ1n) is 5.19. The molecular weight excluding hydrogens is 270 g/mol. The largest absolute Gasteiger partial charge is 0.365 e. The van der Waals surface area contributed by atoms with Crippen LogP contribution < -0.4 is 10.5 Å². The van der Waals surface area contributed by atoms with Crippen molar-refractivity contribution in [1.82, 2.24) is 4.98 Å². The minimum atomic E-state index is -0.525. The molecule has 0 saturated carbocycles. The van der Waals surface area contributed by atoms with Gasteiger partial charge in [-0.25, -0.2) is 4.98 Å². The molecule has 0 fully saturated rings. The normalized spacial score (nSPS) is 12.3. The second kappa shape index (κ2) is 4.19. The van der Waals surface area contributed by atoms with Crippen molar-refractivity contribution < 1.29 is 4.79 Å². The standard InChI is InChI=1S/C12H8ClN3OS/c13-11-9-6-3-1-2-4-8(6)18-16-10(9)7(5-15-11)12(14)17/h1-5,16H,(H2,14,17). The van der Waals surface area contributed by atoms with Crippen LogP contribution in [-0.2, 0) is 0 Å². The van der Waals surface area contributed by atoms with Crippen LogP contribution in [0.3, 0.4) is 0 Å². The molecule has 0 unspecified atom stereocenters. The minimum Gasteiger partial charge on any atom is -0.365 e. The fourth-order valence-corrected chi connectivity index (χ4v) is 2.99. The highest BCUT2D eigenvalue weighted by Crippen LogP contribution is 2.45. The molecule has 2 heterocycles. The lowest BCUT2D eigenvalue weighted by Crippen LogP contribution is -2.15. The van der Waals surface area contributed by atoms with Gasteiger partial charge in [-0.1, -0.05) is 29.8 Å². The molecule has 18 heavy (non-hydrogen) atoms. The second-order valence-corrected chi connectivity index (χ2v) is 4.98. The summed E-state index contributed by atoms with van der Waals surface area (Å²) in [5.74, 6) is -0.525. The number of benzene rings is 1. The predicted molar refractivity (Wildman–Crippen MR) is 72.7 cm³/mol. The zero-order valence-electron chi connectivity index (χ0n) is 9.11. The topological polar surface area (TPSA) is 68.0 Å². The molecule has 0 spiro atoms. The van der Waals surface area contributed by atoms with E-state index in [0.717, 1.165) is 16.0 Å². The van der Waals surface area contributed by atoms with E-state index in [0.29, 0.717) is 16.4 Å². The van der Waals surface area contributed by atoms with Gasteiger partial charge >= 0.3 is 0 Å². The molecule has 0 saturated heterocycles. The Bertz CT molecular complexity index is 660. The Kier molecular flexibility index (Phi) is 2.65. The van der Waals surface area contributed by atoms with Crippen LogP contribution in [0.1, 0.15) is 10.4 Å². The van der Waals surface area contributed by atoms with Crippen molar-refractivity contribution in [2.45, 2.75) is 4.90 Å². The number of carbonyl (C=O) groups excluding carboxylic acids is 1. The summed E-state index contributed by atoms with van der Waals surface area (Å²) in [6.45, 7) is 0. The van der Waals surface area contributed by atoms with E-state index in [-0.39, 0.29) is 0 Å². The second-order valence-electron chi connectivity index (χ2n) is 3.78. The summed E-state index contributed by atoms with van der Waals surface area (Å²) < 4.78 is 3.10. The average molecular weight is 278 g/mol. The molecule has 0 radical (unpaired) electrons. The third-order valence-electron chi connectivity index (χ3n) is 2.72. The Morgan fingerprint density at radius 2 is 2.17 bits per heavy atom. The molecule has 3 N–H and O–H groups in total. The number of rotatable bonds is 1. The Morgan fingerprint density at radius 3 is 2.94 bits per heavy atom. The number of pyridine rings is 1. The summed E-state index contributed by atoms with van der Waals surface area (Å²) in [7, 11) is 0. The van der Waals surface area contributed by atoms with Crippen LogP contribution in [0, 0.1) is 0 Å². The van der Waals surface area contributed by atoms with Crippen molar-refractivity contribution in [3.63, 3.8) is 0 Å². The summed E-state index contributed by atoms with van der Waals surface area (Å²) in [5, 5.41) is 0.357. The van der Waals surface area contributed by atoms with Crippen molar-refractivity contribution in [1.29, 1.82) is 0 Å². The number of hydrogen-bond donors (Lipinski definition) is 2. The van der Waals surface area contributed by atoms with E-state index in [1.165, 1.54) is 18.1 Å². The van der Waals surface area contributed by atoms with E-state index in [1.807, 2.05) is 24.3 Å². The number of amides is 1. The number of nitrogens with zero attached hydrogens (tertiary/aromatic N) is 1. The Morgan fingerprint density at radius 1 is 1.39 bits per heavy atom. The summed E-state index contributed by atoms with van der Waals surface area (Å²) in [4.78, 5) is 16.5. The Hall–Kier alpha value is -1.72. The molecule has 1 aliphatic heterocycles. The van der Waals surface area contributed by atoms with Gasteiger partial charge in [-0.3, -0.25) is 4.79 Å². The predicted octanol–water partition coefficient (Wildman–Crippen LogP) is 2.93.